The number of benzene rings is 1. The molecule has 0 radical (unpaired) electrons. The van der Waals surface area contributed by atoms with E-state index in [0.717, 1.165) is 4.47 Å². The van der Waals surface area contributed by atoms with Crippen molar-refractivity contribution in [3.8, 4) is 0 Å². The number of hydrogen-bond acceptors (Lipinski definition) is 1. The largest absolute Gasteiger partial charge is 0.481 e. The second-order valence-electron chi connectivity index (χ2n) is 3.26. The van der Waals surface area contributed by atoms with E-state index in [1.807, 2.05) is 0 Å². The second kappa shape index (κ2) is 4.86. The Bertz CT molecular complexity index is 373. The van der Waals surface area contributed by atoms with Gasteiger partial charge in [0.15, 0.2) is 5.92 Å². The van der Waals surface area contributed by atoms with Gasteiger partial charge in [-0.3, -0.25) is 4.79 Å². The molecule has 16 heavy (non-hydrogen) atoms. The third-order valence-corrected chi connectivity index (χ3v) is 2.57. The first-order valence-electron chi connectivity index (χ1n) is 4.34. The maximum atomic E-state index is 12.3. The Hall–Kier alpha value is -1.04. The molecular weight excluding hydrogens is 289 g/mol. The van der Waals surface area contributed by atoms with Crippen LogP contribution in [0.15, 0.2) is 28.7 Å². The van der Waals surface area contributed by atoms with Crippen LogP contribution in [0.5, 0.6) is 0 Å². The number of aliphatic carboxylic acids is 1. The summed E-state index contributed by atoms with van der Waals surface area (Å²) in [5.41, 5.74) is 0.341. The maximum Gasteiger partial charge on any atom is 0.402 e. The molecule has 0 unspecified atom stereocenters. The van der Waals surface area contributed by atoms with Gasteiger partial charge >= 0.3 is 12.1 Å². The number of alkyl halides is 3. The molecule has 0 spiro atoms. The number of halogens is 4. The molecule has 0 aliphatic heterocycles. The molecule has 0 aromatic heterocycles. The summed E-state index contributed by atoms with van der Waals surface area (Å²) in [6, 6.07) is 6.08. The van der Waals surface area contributed by atoms with E-state index in [1.165, 1.54) is 12.1 Å². The fraction of sp³-hybridized carbons (Fsp3) is 0.300. The van der Waals surface area contributed by atoms with Crippen molar-refractivity contribution in [1.82, 2.24) is 0 Å². The number of hydrogen-bond donors (Lipinski definition) is 1. The Morgan fingerprint density at radius 1 is 1.31 bits per heavy atom. The summed E-state index contributed by atoms with van der Waals surface area (Å²) in [5.74, 6) is -4.20. The van der Waals surface area contributed by atoms with Gasteiger partial charge in [-0.15, -0.1) is 0 Å². The lowest BCUT2D eigenvalue weighted by molar-refractivity contribution is -0.193. The second-order valence-corrected chi connectivity index (χ2v) is 4.18. The highest BCUT2D eigenvalue weighted by Gasteiger charge is 2.44. The molecule has 0 saturated carbocycles. The molecule has 0 saturated heterocycles. The smallest absolute Gasteiger partial charge is 0.402 e. The van der Waals surface area contributed by atoms with Crippen molar-refractivity contribution < 1.29 is 23.1 Å². The molecule has 0 aliphatic carbocycles. The maximum absolute atomic E-state index is 12.3. The predicted octanol–water partition coefficient (Wildman–Crippen LogP) is 3.25. The molecule has 0 bridgehead atoms. The molecule has 0 amide bonds. The summed E-state index contributed by atoms with van der Waals surface area (Å²) in [6.07, 6.45) is -5.27. The standard InChI is InChI=1S/C10H8BrF3O2/c11-7-3-1-6(2-4-7)5-8(9(15)16)10(12,13)14/h1-4,8H,5H2,(H,15,16)/t8-/m1/s1. The van der Waals surface area contributed by atoms with Crippen molar-refractivity contribution in [1.29, 1.82) is 0 Å². The van der Waals surface area contributed by atoms with Gasteiger partial charge in [0.25, 0.3) is 0 Å². The first kappa shape index (κ1) is 13.0. The number of carboxylic acid groups (broad SMARTS) is 1. The average molecular weight is 297 g/mol. The summed E-state index contributed by atoms with van der Waals surface area (Å²) in [6.45, 7) is 0. The predicted molar refractivity (Wildman–Crippen MR) is 55.0 cm³/mol. The van der Waals surface area contributed by atoms with Crippen LogP contribution in [-0.4, -0.2) is 17.3 Å². The van der Waals surface area contributed by atoms with Crippen LogP contribution in [0.2, 0.25) is 0 Å². The lowest BCUT2D eigenvalue weighted by atomic mass is 9.99. The Morgan fingerprint density at radius 3 is 2.19 bits per heavy atom. The number of carboxylic acids is 1. The molecule has 0 aliphatic rings. The molecule has 1 aromatic carbocycles. The van der Waals surface area contributed by atoms with Crippen LogP contribution in [0.3, 0.4) is 0 Å². The van der Waals surface area contributed by atoms with Gasteiger partial charge in [0.2, 0.25) is 0 Å². The third-order valence-electron chi connectivity index (χ3n) is 2.05. The summed E-state index contributed by atoms with van der Waals surface area (Å²) in [5, 5.41) is 8.50. The van der Waals surface area contributed by atoms with Crippen molar-refractivity contribution >= 4 is 21.9 Å². The van der Waals surface area contributed by atoms with Crippen LogP contribution in [0.1, 0.15) is 5.56 Å². The molecule has 0 heterocycles. The monoisotopic (exact) mass is 296 g/mol. The molecule has 2 nitrogen and oxygen atoms in total. The minimum Gasteiger partial charge on any atom is -0.481 e. The van der Waals surface area contributed by atoms with E-state index in [1.54, 1.807) is 12.1 Å². The van der Waals surface area contributed by atoms with Gasteiger partial charge < -0.3 is 5.11 Å². The van der Waals surface area contributed by atoms with E-state index in [9.17, 15) is 18.0 Å². The van der Waals surface area contributed by atoms with E-state index in [-0.39, 0.29) is 0 Å². The van der Waals surface area contributed by atoms with E-state index in [0.29, 0.717) is 5.56 Å². The van der Waals surface area contributed by atoms with Gasteiger partial charge in [-0.1, -0.05) is 28.1 Å². The third kappa shape index (κ3) is 3.52. The number of carbonyl (C=O) groups is 1. The summed E-state index contributed by atoms with van der Waals surface area (Å²) in [7, 11) is 0. The Kier molecular flexibility index (Phi) is 3.96. The molecule has 1 atom stereocenters. The molecule has 1 N–H and O–H groups in total. The zero-order chi connectivity index (χ0) is 12.3. The van der Waals surface area contributed by atoms with Crippen molar-refractivity contribution in [3.05, 3.63) is 34.3 Å². The van der Waals surface area contributed by atoms with Crippen LogP contribution in [0, 0.1) is 5.92 Å². The van der Waals surface area contributed by atoms with Gasteiger partial charge in [-0.05, 0) is 24.1 Å². The SMILES string of the molecule is O=C(O)[C@@H](Cc1ccc(Br)cc1)C(F)(F)F. The Morgan fingerprint density at radius 2 is 1.81 bits per heavy atom. The molecule has 1 aromatic rings. The Balaban J connectivity index is 2.84. The summed E-state index contributed by atoms with van der Waals surface area (Å²) >= 11 is 3.14. The fourth-order valence-corrected chi connectivity index (χ4v) is 1.46. The lowest BCUT2D eigenvalue weighted by Gasteiger charge is -2.15. The van der Waals surface area contributed by atoms with Crippen LogP contribution in [0.4, 0.5) is 13.2 Å². The molecule has 1 rings (SSSR count). The van der Waals surface area contributed by atoms with E-state index in [2.05, 4.69) is 15.9 Å². The zero-order valence-electron chi connectivity index (χ0n) is 7.96. The summed E-state index contributed by atoms with van der Waals surface area (Å²) < 4.78 is 37.8. The normalized spacial score (nSPS) is 13.5. The van der Waals surface area contributed by atoms with Gasteiger partial charge in [0.05, 0.1) is 0 Å². The highest BCUT2D eigenvalue weighted by Crippen LogP contribution is 2.29. The van der Waals surface area contributed by atoms with Crippen molar-refractivity contribution in [2.45, 2.75) is 12.6 Å². The van der Waals surface area contributed by atoms with Crippen LogP contribution >= 0.6 is 15.9 Å². The molecule has 88 valence electrons. The first-order valence-corrected chi connectivity index (χ1v) is 5.14. The number of rotatable bonds is 3. The Labute approximate surface area is 98.2 Å². The van der Waals surface area contributed by atoms with Crippen LogP contribution in [0.25, 0.3) is 0 Å². The lowest BCUT2D eigenvalue weighted by Crippen LogP contribution is -2.32. The molecular formula is C10H8BrF3O2. The van der Waals surface area contributed by atoms with Gasteiger partial charge in [0.1, 0.15) is 0 Å². The first-order chi connectivity index (χ1) is 7.30. The topological polar surface area (TPSA) is 37.3 Å². The van der Waals surface area contributed by atoms with Crippen LogP contribution in [-0.2, 0) is 11.2 Å². The summed E-state index contributed by atoms with van der Waals surface area (Å²) in [4.78, 5) is 10.5. The van der Waals surface area contributed by atoms with Crippen molar-refractivity contribution in [3.63, 3.8) is 0 Å². The van der Waals surface area contributed by atoms with Crippen LogP contribution < -0.4 is 0 Å². The molecule has 6 heteroatoms. The highest BCUT2D eigenvalue weighted by molar-refractivity contribution is 9.10. The highest BCUT2D eigenvalue weighted by atomic mass is 79.9. The fourth-order valence-electron chi connectivity index (χ4n) is 1.20. The van der Waals surface area contributed by atoms with Gasteiger partial charge in [-0.2, -0.15) is 13.2 Å². The molecule has 0 fully saturated rings. The van der Waals surface area contributed by atoms with Crippen molar-refractivity contribution in [2.75, 3.05) is 0 Å². The quantitative estimate of drug-likeness (QED) is 0.930. The van der Waals surface area contributed by atoms with Gasteiger partial charge in [0, 0.05) is 4.47 Å². The zero-order valence-corrected chi connectivity index (χ0v) is 9.55. The minimum atomic E-state index is -4.72. The van der Waals surface area contributed by atoms with E-state index >= 15 is 0 Å². The van der Waals surface area contributed by atoms with E-state index < -0.39 is 24.5 Å². The van der Waals surface area contributed by atoms with Gasteiger partial charge in [-0.25, -0.2) is 0 Å². The minimum absolute atomic E-state index is 0.341. The van der Waals surface area contributed by atoms with E-state index in [4.69, 9.17) is 5.11 Å². The van der Waals surface area contributed by atoms with Crippen molar-refractivity contribution in [2.24, 2.45) is 5.92 Å². The average Bonchev–Trinajstić information content (AvgIpc) is 2.14.